The third-order valence-electron chi connectivity index (χ3n) is 1.51. The molecule has 0 unspecified atom stereocenters. The summed E-state index contributed by atoms with van der Waals surface area (Å²) in [5.74, 6) is -1.02. The van der Waals surface area contributed by atoms with Crippen molar-refractivity contribution in [1.82, 2.24) is 15.2 Å². The fraction of sp³-hybridized carbons (Fsp3) is 0. The molecule has 0 saturated carbocycles. The molecule has 0 bridgehead atoms. The Morgan fingerprint density at radius 3 is 2.93 bits per heavy atom. The van der Waals surface area contributed by atoms with E-state index in [1.807, 2.05) is 0 Å². The summed E-state index contributed by atoms with van der Waals surface area (Å²) < 4.78 is 0. The first-order valence-electron chi connectivity index (χ1n) is 3.74. The minimum atomic E-state index is -1.02. The molecular formula is C8H5N3O2S. The maximum atomic E-state index is 10.6. The van der Waals surface area contributed by atoms with E-state index >= 15 is 0 Å². The molecule has 2 aromatic rings. The number of hydrogen-bond acceptors (Lipinski definition) is 5. The van der Waals surface area contributed by atoms with E-state index in [0.717, 1.165) is 11.3 Å². The van der Waals surface area contributed by atoms with E-state index in [2.05, 4.69) is 15.2 Å². The summed E-state index contributed by atoms with van der Waals surface area (Å²) in [6.07, 6.45) is 3.04. The van der Waals surface area contributed by atoms with Gasteiger partial charge in [-0.25, -0.2) is 9.78 Å². The van der Waals surface area contributed by atoms with Gasteiger partial charge in [0.1, 0.15) is 5.69 Å². The second-order valence-corrected chi connectivity index (χ2v) is 3.47. The lowest BCUT2D eigenvalue weighted by Gasteiger charge is -1.90. The molecule has 70 valence electrons. The highest BCUT2D eigenvalue weighted by Gasteiger charge is 2.10. The van der Waals surface area contributed by atoms with Crippen LogP contribution in [-0.4, -0.2) is 26.3 Å². The van der Waals surface area contributed by atoms with Gasteiger partial charge >= 0.3 is 5.97 Å². The summed E-state index contributed by atoms with van der Waals surface area (Å²) in [6.45, 7) is 0. The Bertz CT molecular complexity index is 455. The van der Waals surface area contributed by atoms with Crippen molar-refractivity contribution < 1.29 is 9.90 Å². The van der Waals surface area contributed by atoms with Crippen LogP contribution in [0.1, 0.15) is 9.80 Å². The molecular weight excluding hydrogens is 202 g/mol. The summed E-state index contributed by atoms with van der Waals surface area (Å²) in [5, 5.41) is 16.3. The van der Waals surface area contributed by atoms with Gasteiger partial charge in [-0.15, -0.1) is 16.4 Å². The molecule has 0 aliphatic rings. The van der Waals surface area contributed by atoms with Gasteiger partial charge in [0.2, 0.25) is 5.01 Å². The van der Waals surface area contributed by atoms with Crippen LogP contribution in [0.4, 0.5) is 0 Å². The van der Waals surface area contributed by atoms with Gasteiger partial charge in [0, 0.05) is 12.4 Å². The molecule has 0 aliphatic carbocycles. The average Bonchev–Trinajstić information content (AvgIpc) is 2.68. The lowest BCUT2D eigenvalue weighted by Crippen LogP contribution is -1.92. The Balaban J connectivity index is 2.39. The van der Waals surface area contributed by atoms with Crippen molar-refractivity contribution in [2.24, 2.45) is 0 Å². The van der Waals surface area contributed by atoms with Crippen LogP contribution in [0.25, 0.3) is 10.6 Å². The summed E-state index contributed by atoms with van der Waals surface area (Å²) in [6, 6.07) is 3.49. The van der Waals surface area contributed by atoms with Crippen molar-refractivity contribution in [3.05, 3.63) is 29.5 Å². The Morgan fingerprint density at radius 2 is 2.36 bits per heavy atom. The van der Waals surface area contributed by atoms with Crippen LogP contribution in [0.15, 0.2) is 24.5 Å². The van der Waals surface area contributed by atoms with Crippen molar-refractivity contribution in [2.75, 3.05) is 0 Å². The van der Waals surface area contributed by atoms with E-state index in [0.29, 0.717) is 10.6 Å². The van der Waals surface area contributed by atoms with E-state index in [1.54, 1.807) is 18.3 Å². The summed E-state index contributed by atoms with van der Waals surface area (Å²) in [5.41, 5.74) is 0.637. The summed E-state index contributed by atoms with van der Waals surface area (Å²) in [7, 11) is 0. The largest absolute Gasteiger partial charge is 0.476 e. The molecule has 2 aromatic heterocycles. The van der Waals surface area contributed by atoms with Crippen molar-refractivity contribution in [2.45, 2.75) is 0 Å². The fourth-order valence-electron chi connectivity index (χ4n) is 0.924. The van der Waals surface area contributed by atoms with Gasteiger partial charge in [0.05, 0.1) is 4.88 Å². The summed E-state index contributed by atoms with van der Waals surface area (Å²) in [4.78, 5) is 15.0. The number of hydrogen-bond donors (Lipinski definition) is 1. The van der Waals surface area contributed by atoms with Gasteiger partial charge in [-0.05, 0) is 12.1 Å². The van der Waals surface area contributed by atoms with Crippen molar-refractivity contribution >= 4 is 17.3 Å². The van der Waals surface area contributed by atoms with E-state index < -0.39 is 5.97 Å². The molecule has 1 N–H and O–H groups in total. The highest BCUT2D eigenvalue weighted by Crippen LogP contribution is 2.23. The lowest BCUT2D eigenvalue weighted by molar-refractivity contribution is 0.0696. The molecule has 0 fully saturated rings. The molecule has 0 saturated heterocycles. The Hall–Kier alpha value is -1.82. The molecule has 5 nitrogen and oxygen atoms in total. The van der Waals surface area contributed by atoms with Crippen LogP contribution in [0.3, 0.4) is 0 Å². The molecule has 0 aromatic carbocycles. The first-order valence-corrected chi connectivity index (χ1v) is 4.56. The topological polar surface area (TPSA) is 76.0 Å². The van der Waals surface area contributed by atoms with Crippen LogP contribution in [0, 0.1) is 0 Å². The second kappa shape index (κ2) is 3.51. The maximum Gasteiger partial charge on any atom is 0.365 e. The Labute approximate surface area is 83.1 Å². The monoisotopic (exact) mass is 207 g/mol. The fourth-order valence-corrected chi connectivity index (χ4v) is 1.64. The molecule has 6 heteroatoms. The van der Waals surface area contributed by atoms with Crippen LogP contribution in [0.2, 0.25) is 0 Å². The molecule has 0 amide bonds. The first kappa shape index (κ1) is 8.76. The predicted molar refractivity (Wildman–Crippen MR) is 50.1 cm³/mol. The van der Waals surface area contributed by atoms with E-state index in [4.69, 9.17) is 5.11 Å². The Morgan fingerprint density at radius 1 is 1.50 bits per heavy atom. The smallest absolute Gasteiger partial charge is 0.365 e. The van der Waals surface area contributed by atoms with E-state index in [1.165, 1.54) is 6.20 Å². The number of rotatable bonds is 2. The number of aromatic carboxylic acids is 1. The van der Waals surface area contributed by atoms with Gasteiger partial charge in [0.25, 0.3) is 0 Å². The maximum absolute atomic E-state index is 10.6. The zero-order chi connectivity index (χ0) is 9.97. The molecule has 2 rings (SSSR count). The first-order chi connectivity index (χ1) is 6.77. The summed E-state index contributed by atoms with van der Waals surface area (Å²) >= 11 is 1.08. The zero-order valence-electron chi connectivity index (χ0n) is 6.91. The number of nitrogens with zero attached hydrogens (tertiary/aromatic N) is 3. The number of carbonyl (C=O) groups is 1. The van der Waals surface area contributed by atoms with Gasteiger partial charge < -0.3 is 5.11 Å². The minimum Gasteiger partial charge on any atom is -0.476 e. The standard InChI is InChI=1S/C8H5N3O2S/c12-8(13)7-9-4-6(14-7)5-2-1-3-10-11-5/h1-4H,(H,12,13). The third-order valence-corrected chi connectivity index (χ3v) is 2.52. The minimum absolute atomic E-state index is 0.0608. The SMILES string of the molecule is O=C(O)c1ncc(-c2cccnn2)s1. The normalized spacial score (nSPS) is 10.0. The van der Waals surface area contributed by atoms with Crippen molar-refractivity contribution in [1.29, 1.82) is 0 Å². The molecule has 0 atom stereocenters. The highest BCUT2D eigenvalue weighted by atomic mass is 32.1. The molecule has 0 aliphatic heterocycles. The lowest BCUT2D eigenvalue weighted by atomic mass is 10.3. The molecule has 0 radical (unpaired) electrons. The Kier molecular flexibility index (Phi) is 2.19. The van der Waals surface area contributed by atoms with Crippen molar-refractivity contribution in [3.63, 3.8) is 0 Å². The van der Waals surface area contributed by atoms with Crippen LogP contribution < -0.4 is 0 Å². The van der Waals surface area contributed by atoms with Crippen molar-refractivity contribution in [3.8, 4) is 10.6 Å². The number of thiazole rings is 1. The van der Waals surface area contributed by atoms with Gasteiger partial charge in [-0.3, -0.25) is 0 Å². The molecule has 0 spiro atoms. The van der Waals surface area contributed by atoms with Gasteiger partial charge in [0.15, 0.2) is 0 Å². The number of carboxylic acids is 1. The van der Waals surface area contributed by atoms with Gasteiger partial charge in [-0.1, -0.05) is 0 Å². The predicted octanol–water partition coefficient (Wildman–Crippen LogP) is 1.30. The second-order valence-electron chi connectivity index (χ2n) is 2.44. The van der Waals surface area contributed by atoms with Crippen LogP contribution in [0.5, 0.6) is 0 Å². The van der Waals surface area contributed by atoms with Gasteiger partial charge in [-0.2, -0.15) is 5.10 Å². The number of aromatic nitrogens is 3. The van der Waals surface area contributed by atoms with Crippen LogP contribution in [-0.2, 0) is 0 Å². The number of carboxylic acid groups (broad SMARTS) is 1. The molecule has 14 heavy (non-hydrogen) atoms. The quantitative estimate of drug-likeness (QED) is 0.803. The van der Waals surface area contributed by atoms with E-state index in [-0.39, 0.29) is 5.01 Å². The molecule has 2 heterocycles. The highest BCUT2D eigenvalue weighted by molar-refractivity contribution is 7.16. The average molecular weight is 207 g/mol. The third kappa shape index (κ3) is 1.60. The van der Waals surface area contributed by atoms with E-state index in [9.17, 15) is 4.79 Å². The van der Waals surface area contributed by atoms with Crippen LogP contribution >= 0.6 is 11.3 Å². The zero-order valence-corrected chi connectivity index (χ0v) is 7.73.